The monoisotopic (exact) mass is 269 g/mol. The van der Waals surface area contributed by atoms with Gasteiger partial charge in [-0.05, 0) is 55.8 Å². The van der Waals surface area contributed by atoms with Crippen molar-refractivity contribution in [3.8, 4) is 11.5 Å². The molecule has 0 unspecified atom stereocenters. The Morgan fingerprint density at radius 1 is 1.17 bits per heavy atom. The van der Waals surface area contributed by atoms with Gasteiger partial charge in [-0.1, -0.05) is 0 Å². The summed E-state index contributed by atoms with van der Waals surface area (Å²) in [6, 6.07) is 3.99. The molecule has 0 atom stereocenters. The first-order valence-electron chi connectivity index (χ1n) is 6.26. The van der Waals surface area contributed by atoms with Gasteiger partial charge in [0.2, 0.25) is 0 Å². The number of aryl methyl sites for hydroxylation is 1. The Kier molecular flexibility index (Phi) is 6.98. The van der Waals surface area contributed by atoms with E-state index in [1.54, 1.807) is 14.2 Å². The van der Waals surface area contributed by atoms with Crippen molar-refractivity contribution in [2.75, 3.05) is 33.1 Å². The molecule has 1 aromatic rings. The third kappa shape index (κ3) is 4.42. The number of benzene rings is 1. The maximum absolute atomic E-state index is 5.43. The zero-order valence-corrected chi connectivity index (χ0v) is 12.3. The van der Waals surface area contributed by atoms with Crippen molar-refractivity contribution in [2.24, 2.45) is 0 Å². The second-order valence-electron chi connectivity index (χ2n) is 4.20. The molecule has 3 nitrogen and oxygen atoms in total. The van der Waals surface area contributed by atoms with Gasteiger partial charge in [0.15, 0.2) is 0 Å². The fraction of sp³-hybridized carbons (Fsp3) is 0.571. The molecular weight excluding hydrogens is 246 g/mol. The van der Waals surface area contributed by atoms with Gasteiger partial charge in [0.25, 0.3) is 0 Å². The maximum Gasteiger partial charge on any atom is 0.126 e. The van der Waals surface area contributed by atoms with E-state index in [0.717, 1.165) is 43.2 Å². The summed E-state index contributed by atoms with van der Waals surface area (Å²) >= 11 is 4.19. The molecule has 0 bridgehead atoms. The minimum absolute atomic E-state index is 0.844. The molecule has 0 aromatic heterocycles. The zero-order chi connectivity index (χ0) is 13.4. The molecular formula is C14H23NO2S. The van der Waals surface area contributed by atoms with Crippen molar-refractivity contribution in [1.29, 1.82) is 0 Å². The SMILES string of the molecule is COc1cc(C)c(CCNCCCS)c(OC)c1. The molecule has 0 aliphatic carbocycles. The summed E-state index contributed by atoms with van der Waals surface area (Å²) in [5, 5.41) is 3.41. The van der Waals surface area contributed by atoms with Crippen LogP contribution >= 0.6 is 12.6 Å². The van der Waals surface area contributed by atoms with Gasteiger partial charge in [0, 0.05) is 6.07 Å². The maximum atomic E-state index is 5.43. The van der Waals surface area contributed by atoms with Crippen LogP contribution < -0.4 is 14.8 Å². The fourth-order valence-corrected chi connectivity index (χ4v) is 2.07. The smallest absolute Gasteiger partial charge is 0.126 e. The summed E-state index contributed by atoms with van der Waals surface area (Å²) in [5.41, 5.74) is 2.46. The predicted molar refractivity (Wildman–Crippen MR) is 79.3 cm³/mol. The molecule has 0 radical (unpaired) electrons. The van der Waals surface area contributed by atoms with Gasteiger partial charge in [0.05, 0.1) is 14.2 Å². The third-order valence-electron chi connectivity index (χ3n) is 2.92. The molecule has 0 spiro atoms. The Morgan fingerprint density at radius 2 is 1.94 bits per heavy atom. The van der Waals surface area contributed by atoms with Crippen LogP contribution in [-0.2, 0) is 6.42 Å². The summed E-state index contributed by atoms with van der Waals surface area (Å²) in [6.45, 7) is 4.06. The van der Waals surface area contributed by atoms with Crippen LogP contribution in [-0.4, -0.2) is 33.1 Å². The lowest BCUT2D eigenvalue weighted by atomic mass is 10.0. The van der Waals surface area contributed by atoms with Crippen LogP contribution in [0.3, 0.4) is 0 Å². The summed E-state index contributed by atoms with van der Waals surface area (Å²) in [7, 11) is 3.37. The van der Waals surface area contributed by atoms with E-state index in [-0.39, 0.29) is 0 Å². The quantitative estimate of drug-likeness (QED) is 0.561. The van der Waals surface area contributed by atoms with E-state index in [4.69, 9.17) is 9.47 Å². The van der Waals surface area contributed by atoms with Gasteiger partial charge in [-0.3, -0.25) is 0 Å². The largest absolute Gasteiger partial charge is 0.497 e. The Bertz CT molecular complexity index is 369. The minimum atomic E-state index is 0.844. The number of hydrogen-bond donors (Lipinski definition) is 2. The number of methoxy groups -OCH3 is 2. The van der Waals surface area contributed by atoms with Gasteiger partial charge in [-0.15, -0.1) is 0 Å². The lowest BCUT2D eigenvalue weighted by Crippen LogP contribution is -2.19. The van der Waals surface area contributed by atoms with E-state index in [9.17, 15) is 0 Å². The molecule has 0 saturated carbocycles. The van der Waals surface area contributed by atoms with Crippen LogP contribution in [0.5, 0.6) is 11.5 Å². The van der Waals surface area contributed by atoms with E-state index in [1.165, 1.54) is 11.1 Å². The summed E-state index contributed by atoms with van der Waals surface area (Å²) in [5.74, 6) is 2.68. The molecule has 18 heavy (non-hydrogen) atoms. The normalized spacial score (nSPS) is 10.4. The average Bonchev–Trinajstić information content (AvgIpc) is 2.39. The lowest BCUT2D eigenvalue weighted by Gasteiger charge is -2.14. The van der Waals surface area contributed by atoms with Gasteiger partial charge >= 0.3 is 0 Å². The van der Waals surface area contributed by atoms with Gasteiger partial charge in [-0.25, -0.2) is 0 Å². The van der Waals surface area contributed by atoms with Crippen LogP contribution in [0.15, 0.2) is 12.1 Å². The van der Waals surface area contributed by atoms with E-state index in [1.807, 2.05) is 12.1 Å². The van der Waals surface area contributed by atoms with E-state index < -0.39 is 0 Å². The standard InChI is InChI=1S/C14H23NO2S/c1-11-9-12(16-2)10-14(17-3)13(11)5-7-15-6-4-8-18/h9-10,15,18H,4-8H2,1-3H3. The van der Waals surface area contributed by atoms with Gasteiger partial charge in [-0.2, -0.15) is 12.6 Å². The zero-order valence-electron chi connectivity index (χ0n) is 11.5. The van der Waals surface area contributed by atoms with E-state index in [0.29, 0.717) is 0 Å². The predicted octanol–water partition coefficient (Wildman–Crippen LogP) is 2.46. The Labute approximate surface area is 115 Å². The molecule has 1 N–H and O–H groups in total. The molecule has 102 valence electrons. The molecule has 0 heterocycles. The summed E-state index contributed by atoms with van der Waals surface area (Å²) in [4.78, 5) is 0. The van der Waals surface area contributed by atoms with Crippen LogP contribution in [0, 0.1) is 6.92 Å². The van der Waals surface area contributed by atoms with Crippen molar-refractivity contribution < 1.29 is 9.47 Å². The van der Waals surface area contributed by atoms with Crippen LogP contribution in [0.2, 0.25) is 0 Å². The first kappa shape index (κ1) is 15.2. The highest BCUT2D eigenvalue weighted by atomic mass is 32.1. The highest BCUT2D eigenvalue weighted by molar-refractivity contribution is 7.80. The molecule has 0 aliphatic heterocycles. The average molecular weight is 269 g/mol. The first-order chi connectivity index (χ1) is 8.72. The molecule has 4 heteroatoms. The number of hydrogen-bond acceptors (Lipinski definition) is 4. The summed E-state index contributed by atoms with van der Waals surface area (Å²) in [6.07, 6.45) is 2.06. The molecule has 0 amide bonds. The Balaban J connectivity index is 2.63. The van der Waals surface area contributed by atoms with E-state index in [2.05, 4.69) is 24.9 Å². The van der Waals surface area contributed by atoms with Crippen LogP contribution in [0.1, 0.15) is 17.5 Å². The second-order valence-corrected chi connectivity index (χ2v) is 4.65. The van der Waals surface area contributed by atoms with Gasteiger partial charge in [0.1, 0.15) is 11.5 Å². The van der Waals surface area contributed by atoms with Gasteiger partial charge < -0.3 is 14.8 Å². The van der Waals surface area contributed by atoms with Crippen LogP contribution in [0.25, 0.3) is 0 Å². The minimum Gasteiger partial charge on any atom is -0.497 e. The van der Waals surface area contributed by atoms with Crippen molar-refractivity contribution in [1.82, 2.24) is 5.32 Å². The van der Waals surface area contributed by atoms with Crippen molar-refractivity contribution >= 4 is 12.6 Å². The summed E-state index contributed by atoms with van der Waals surface area (Å²) < 4.78 is 10.7. The Hall–Kier alpha value is -0.870. The fourth-order valence-electron chi connectivity index (χ4n) is 1.92. The number of rotatable bonds is 8. The molecule has 0 saturated heterocycles. The molecule has 1 rings (SSSR count). The molecule has 0 fully saturated rings. The second kappa shape index (κ2) is 8.27. The third-order valence-corrected chi connectivity index (χ3v) is 3.24. The number of thiol groups is 1. The van der Waals surface area contributed by atoms with Crippen LogP contribution in [0.4, 0.5) is 0 Å². The van der Waals surface area contributed by atoms with Crippen molar-refractivity contribution in [3.63, 3.8) is 0 Å². The van der Waals surface area contributed by atoms with Crippen molar-refractivity contribution in [2.45, 2.75) is 19.8 Å². The molecule has 1 aromatic carbocycles. The first-order valence-corrected chi connectivity index (χ1v) is 6.89. The topological polar surface area (TPSA) is 30.5 Å². The number of nitrogens with one attached hydrogen (secondary N) is 1. The number of ether oxygens (including phenoxy) is 2. The highest BCUT2D eigenvalue weighted by Gasteiger charge is 2.08. The Morgan fingerprint density at radius 3 is 2.56 bits per heavy atom. The lowest BCUT2D eigenvalue weighted by molar-refractivity contribution is 0.390. The molecule has 0 aliphatic rings. The van der Waals surface area contributed by atoms with Crippen molar-refractivity contribution in [3.05, 3.63) is 23.3 Å². The van der Waals surface area contributed by atoms with E-state index >= 15 is 0 Å². The highest BCUT2D eigenvalue weighted by Crippen LogP contribution is 2.28.